The van der Waals surface area contributed by atoms with Crippen molar-refractivity contribution >= 4 is 0 Å². The number of aryl methyl sites for hydroxylation is 1. The molecule has 1 aromatic rings. The Bertz CT molecular complexity index is 381. The Labute approximate surface area is 110 Å². The van der Waals surface area contributed by atoms with Crippen molar-refractivity contribution in [3.05, 3.63) is 35.4 Å². The number of rotatable bonds is 4. The number of nitrogens with two attached hydrogens (primary N) is 1. The van der Waals surface area contributed by atoms with Gasteiger partial charge in [0.15, 0.2) is 0 Å². The van der Waals surface area contributed by atoms with Gasteiger partial charge in [0, 0.05) is 19.1 Å². The van der Waals surface area contributed by atoms with Gasteiger partial charge in [-0.25, -0.2) is 0 Å². The molecule has 0 aromatic heterocycles. The van der Waals surface area contributed by atoms with Gasteiger partial charge < -0.3 is 15.7 Å². The number of benzene rings is 1. The highest BCUT2D eigenvalue weighted by Crippen LogP contribution is 2.19. The number of likely N-dealkylation sites (tertiary alicyclic amines) is 1. The first-order valence-electron chi connectivity index (χ1n) is 6.88. The second-order valence-electron chi connectivity index (χ2n) is 5.35. The molecule has 0 radical (unpaired) electrons. The van der Waals surface area contributed by atoms with Crippen LogP contribution in [0.15, 0.2) is 24.3 Å². The maximum Gasteiger partial charge on any atom is 0.0667 e. The van der Waals surface area contributed by atoms with E-state index >= 15 is 0 Å². The molecular formula is C15H24N2O. The molecule has 0 bridgehead atoms. The Kier molecular flexibility index (Phi) is 4.75. The van der Waals surface area contributed by atoms with Crippen LogP contribution in [0.5, 0.6) is 0 Å². The van der Waals surface area contributed by atoms with Crippen LogP contribution in [0.25, 0.3) is 0 Å². The van der Waals surface area contributed by atoms with Gasteiger partial charge in [-0.3, -0.25) is 0 Å². The van der Waals surface area contributed by atoms with Crippen LogP contribution < -0.4 is 5.73 Å². The molecule has 0 amide bonds. The van der Waals surface area contributed by atoms with Crippen LogP contribution >= 0.6 is 0 Å². The Morgan fingerprint density at radius 3 is 2.94 bits per heavy atom. The van der Waals surface area contributed by atoms with Crippen molar-refractivity contribution in [1.82, 2.24) is 4.90 Å². The number of β-amino-alcohol motifs (C(OH)–C–C–N with tert-alkyl or cyclic N) is 1. The summed E-state index contributed by atoms with van der Waals surface area (Å²) in [5.74, 6) is 0. The first-order chi connectivity index (χ1) is 8.66. The Balaban J connectivity index is 1.84. The molecule has 3 nitrogen and oxygen atoms in total. The van der Waals surface area contributed by atoms with Crippen LogP contribution in [0.3, 0.4) is 0 Å². The van der Waals surface area contributed by atoms with Gasteiger partial charge in [0.05, 0.1) is 6.10 Å². The van der Waals surface area contributed by atoms with E-state index in [0.29, 0.717) is 0 Å². The summed E-state index contributed by atoms with van der Waals surface area (Å²) in [6.45, 7) is 4.99. The predicted molar refractivity (Wildman–Crippen MR) is 74.4 cm³/mol. The summed E-state index contributed by atoms with van der Waals surface area (Å²) in [6, 6.07) is 8.43. The van der Waals surface area contributed by atoms with Crippen molar-refractivity contribution in [2.45, 2.75) is 38.3 Å². The third-order valence-corrected chi connectivity index (χ3v) is 3.82. The molecule has 1 aliphatic heterocycles. The molecule has 2 unspecified atom stereocenters. The highest BCUT2D eigenvalue weighted by Gasteiger charge is 2.18. The van der Waals surface area contributed by atoms with Gasteiger partial charge in [-0.15, -0.1) is 0 Å². The summed E-state index contributed by atoms with van der Waals surface area (Å²) >= 11 is 0. The van der Waals surface area contributed by atoms with Crippen LogP contribution in [0.1, 0.15) is 36.4 Å². The first kappa shape index (κ1) is 13.5. The molecular weight excluding hydrogens is 224 g/mol. The number of aliphatic hydroxyl groups is 1. The molecule has 100 valence electrons. The summed E-state index contributed by atoms with van der Waals surface area (Å²) in [7, 11) is 0. The lowest BCUT2D eigenvalue weighted by Gasteiger charge is -2.30. The zero-order valence-electron chi connectivity index (χ0n) is 11.2. The standard InChI is InChI=1S/C15H24N2O/c1-12-5-2-3-7-14(12)15(16)8-10-17-9-4-6-13(18)11-17/h2-3,5,7,13,15,18H,4,6,8-11,16H2,1H3. The summed E-state index contributed by atoms with van der Waals surface area (Å²) in [5.41, 5.74) is 8.77. The van der Waals surface area contributed by atoms with Gasteiger partial charge in [0.25, 0.3) is 0 Å². The van der Waals surface area contributed by atoms with Gasteiger partial charge in [-0.05, 0) is 43.9 Å². The van der Waals surface area contributed by atoms with Crippen molar-refractivity contribution in [2.75, 3.05) is 19.6 Å². The Hall–Kier alpha value is -0.900. The highest BCUT2D eigenvalue weighted by atomic mass is 16.3. The number of hydrogen-bond donors (Lipinski definition) is 2. The topological polar surface area (TPSA) is 49.5 Å². The van der Waals surface area contributed by atoms with E-state index in [0.717, 1.165) is 38.9 Å². The normalized spacial score (nSPS) is 22.9. The minimum atomic E-state index is -0.145. The summed E-state index contributed by atoms with van der Waals surface area (Å²) in [4.78, 5) is 2.33. The Morgan fingerprint density at radius 2 is 2.22 bits per heavy atom. The second kappa shape index (κ2) is 6.32. The van der Waals surface area contributed by atoms with E-state index in [1.165, 1.54) is 11.1 Å². The minimum Gasteiger partial charge on any atom is -0.392 e. The van der Waals surface area contributed by atoms with Crippen LogP contribution in [-0.2, 0) is 0 Å². The fraction of sp³-hybridized carbons (Fsp3) is 0.600. The summed E-state index contributed by atoms with van der Waals surface area (Å²) < 4.78 is 0. The molecule has 1 heterocycles. The van der Waals surface area contributed by atoms with E-state index in [-0.39, 0.29) is 12.1 Å². The molecule has 18 heavy (non-hydrogen) atoms. The van der Waals surface area contributed by atoms with E-state index < -0.39 is 0 Å². The van der Waals surface area contributed by atoms with Crippen molar-refractivity contribution in [3.8, 4) is 0 Å². The Morgan fingerprint density at radius 1 is 1.44 bits per heavy atom. The quantitative estimate of drug-likeness (QED) is 0.855. The van der Waals surface area contributed by atoms with E-state index in [1.807, 2.05) is 12.1 Å². The molecule has 3 heteroatoms. The lowest BCUT2D eigenvalue weighted by atomic mass is 9.99. The van der Waals surface area contributed by atoms with Gasteiger partial charge in [-0.1, -0.05) is 24.3 Å². The smallest absolute Gasteiger partial charge is 0.0667 e. The number of aliphatic hydroxyl groups excluding tert-OH is 1. The molecule has 0 saturated carbocycles. The second-order valence-corrected chi connectivity index (χ2v) is 5.35. The zero-order chi connectivity index (χ0) is 13.0. The largest absolute Gasteiger partial charge is 0.392 e. The maximum absolute atomic E-state index is 9.63. The minimum absolute atomic E-state index is 0.102. The number of piperidine rings is 1. The molecule has 1 aliphatic rings. The molecule has 3 N–H and O–H groups in total. The van der Waals surface area contributed by atoms with E-state index in [2.05, 4.69) is 24.0 Å². The van der Waals surface area contributed by atoms with Crippen molar-refractivity contribution < 1.29 is 5.11 Å². The molecule has 1 saturated heterocycles. The highest BCUT2D eigenvalue weighted by molar-refractivity contribution is 5.28. The molecule has 2 rings (SSSR count). The monoisotopic (exact) mass is 248 g/mol. The molecule has 1 fully saturated rings. The fourth-order valence-corrected chi connectivity index (χ4v) is 2.71. The van der Waals surface area contributed by atoms with Gasteiger partial charge in [-0.2, -0.15) is 0 Å². The van der Waals surface area contributed by atoms with Gasteiger partial charge in [0.2, 0.25) is 0 Å². The van der Waals surface area contributed by atoms with E-state index in [1.54, 1.807) is 0 Å². The number of hydrogen-bond acceptors (Lipinski definition) is 3. The zero-order valence-corrected chi connectivity index (χ0v) is 11.2. The average molecular weight is 248 g/mol. The maximum atomic E-state index is 9.63. The third kappa shape index (κ3) is 3.55. The van der Waals surface area contributed by atoms with Crippen LogP contribution in [0, 0.1) is 6.92 Å². The fourth-order valence-electron chi connectivity index (χ4n) is 2.71. The molecule has 0 aliphatic carbocycles. The summed E-state index contributed by atoms with van der Waals surface area (Å²) in [5, 5.41) is 9.63. The SMILES string of the molecule is Cc1ccccc1C(N)CCN1CCCC(O)C1. The van der Waals surface area contributed by atoms with Gasteiger partial charge in [0.1, 0.15) is 0 Å². The first-order valence-corrected chi connectivity index (χ1v) is 6.88. The summed E-state index contributed by atoms with van der Waals surface area (Å²) in [6.07, 6.45) is 2.85. The van der Waals surface area contributed by atoms with Crippen LogP contribution in [0.4, 0.5) is 0 Å². The lowest BCUT2D eigenvalue weighted by Crippen LogP contribution is -2.39. The third-order valence-electron chi connectivity index (χ3n) is 3.82. The van der Waals surface area contributed by atoms with E-state index in [9.17, 15) is 5.11 Å². The van der Waals surface area contributed by atoms with Crippen molar-refractivity contribution in [2.24, 2.45) is 5.73 Å². The predicted octanol–water partition coefficient (Wildman–Crippen LogP) is 1.84. The van der Waals surface area contributed by atoms with Crippen LogP contribution in [-0.4, -0.2) is 35.7 Å². The van der Waals surface area contributed by atoms with Crippen LogP contribution in [0.2, 0.25) is 0 Å². The molecule has 2 atom stereocenters. The lowest BCUT2D eigenvalue weighted by molar-refractivity contribution is 0.0691. The molecule has 0 spiro atoms. The average Bonchev–Trinajstić information content (AvgIpc) is 2.37. The van der Waals surface area contributed by atoms with E-state index in [4.69, 9.17) is 5.73 Å². The van der Waals surface area contributed by atoms with Gasteiger partial charge >= 0.3 is 0 Å². The number of nitrogens with zero attached hydrogens (tertiary/aromatic N) is 1. The van der Waals surface area contributed by atoms with Crippen molar-refractivity contribution in [3.63, 3.8) is 0 Å². The molecule has 1 aromatic carbocycles. The van der Waals surface area contributed by atoms with Crippen molar-refractivity contribution in [1.29, 1.82) is 0 Å².